The summed E-state index contributed by atoms with van der Waals surface area (Å²) in [7, 11) is -9.90. The molecule has 534 valence electrons. The van der Waals surface area contributed by atoms with Gasteiger partial charge in [0.25, 0.3) is 0 Å². The lowest BCUT2D eigenvalue weighted by Crippen LogP contribution is -2.30. The molecule has 0 radical (unpaired) electrons. The SMILES string of the molecule is CCCCCCCCCCCCCCCCCCCCC(=O)O[C@H](COC(=O)CCCCCCCCCCCCCCCC)COP(=O)(O)OC[C@@H](O)COP(=O)(O)OC[C@@H](COC(=O)CCCCCCCCC(C)C)OC(=O)CCCCCCCCC(C)C. The van der Waals surface area contributed by atoms with E-state index in [1.165, 1.54) is 173 Å². The summed E-state index contributed by atoms with van der Waals surface area (Å²) >= 11 is 0. The molecule has 0 aliphatic rings. The van der Waals surface area contributed by atoms with Crippen LogP contribution in [0.15, 0.2) is 0 Å². The van der Waals surface area contributed by atoms with Crippen molar-refractivity contribution in [1.29, 1.82) is 0 Å². The fourth-order valence-electron chi connectivity index (χ4n) is 10.8. The van der Waals surface area contributed by atoms with Crippen LogP contribution < -0.4 is 0 Å². The number of phosphoric acid groups is 2. The van der Waals surface area contributed by atoms with Crippen molar-refractivity contribution in [2.24, 2.45) is 11.8 Å². The molecule has 0 saturated heterocycles. The third-order valence-corrected chi connectivity index (χ3v) is 18.4. The van der Waals surface area contributed by atoms with E-state index in [0.29, 0.717) is 37.5 Å². The van der Waals surface area contributed by atoms with E-state index < -0.39 is 97.5 Å². The molecule has 0 aliphatic carbocycles. The second-order valence-corrected chi connectivity index (χ2v) is 29.5. The number of esters is 4. The molecule has 19 heteroatoms. The van der Waals surface area contributed by atoms with Crippen molar-refractivity contribution in [3.63, 3.8) is 0 Å². The first-order chi connectivity index (χ1) is 43.4. The number of phosphoric ester groups is 2. The van der Waals surface area contributed by atoms with Gasteiger partial charge in [0.15, 0.2) is 12.2 Å². The molecule has 17 nitrogen and oxygen atoms in total. The highest BCUT2D eigenvalue weighted by atomic mass is 31.2. The number of ether oxygens (including phenoxy) is 4. The van der Waals surface area contributed by atoms with E-state index in [0.717, 1.165) is 96.3 Å². The van der Waals surface area contributed by atoms with Crippen molar-refractivity contribution in [1.82, 2.24) is 0 Å². The number of rotatable bonds is 70. The molecule has 5 atom stereocenters. The summed E-state index contributed by atoms with van der Waals surface area (Å²) in [5, 5.41) is 10.6. The predicted molar refractivity (Wildman–Crippen MR) is 363 cm³/mol. The summed E-state index contributed by atoms with van der Waals surface area (Å²) < 4.78 is 68.2. The van der Waals surface area contributed by atoms with E-state index >= 15 is 0 Å². The Morgan fingerprint density at radius 2 is 0.511 bits per heavy atom. The molecule has 2 unspecified atom stereocenters. The number of hydrogen-bond donors (Lipinski definition) is 3. The van der Waals surface area contributed by atoms with E-state index in [4.69, 9.17) is 37.0 Å². The molecule has 0 amide bonds. The van der Waals surface area contributed by atoms with Crippen molar-refractivity contribution in [2.75, 3.05) is 39.6 Å². The van der Waals surface area contributed by atoms with Crippen LogP contribution in [0.2, 0.25) is 0 Å². The third kappa shape index (κ3) is 64.8. The Labute approximate surface area is 549 Å². The summed E-state index contributed by atoms with van der Waals surface area (Å²) in [6.07, 6.45) is 49.0. The highest BCUT2D eigenvalue weighted by molar-refractivity contribution is 7.47. The lowest BCUT2D eigenvalue weighted by molar-refractivity contribution is -0.161. The minimum absolute atomic E-state index is 0.101. The van der Waals surface area contributed by atoms with Crippen LogP contribution in [0.25, 0.3) is 0 Å². The van der Waals surface area contributed by atoms with Crippen LogP contribution in [0, 0.1) is 11.8 Å². The number of hydrogen-bond acceptors (Lipinski definition) is 15. The van der Waals surface area contributed by atoms with Gasteiger partial charge in [-0.1, -0.05) is 311 Å². The molecule has 0 aromatic heterocycles. The highest BCUT2D eigenvalue weighted by Gasteiger charge is 2.30. The molecule has 0 aromatic carbocycles. The summed E-state index contributed by atoms with van der Waals surface area (Å²) in [5.74, 6) is -0.780. The highest BCUT2D eigenvalue weighted by Crippen LogP contribution is 2.45. The van der Waals surface area contributed by atoms with E-state index in [2.05, 4.69) is 41.5 Å². The molecular weight excluding hydrogens is 1190 g/mol. The average Bonchev–Trinajstić information content (AvgIpc) is 3.37. The van der Waals surface area contributed by atoms with Gasteiger partial charge in [-0.2, -0.15) is 0 Å². The van der Waals surface area contributed by atoms with Crippen molar-refractivity contribution in [2.45, 2.75) is 381 Å². The maximum Gasteiger partial charge on any atom is 0.472 e. The first-order valence-electron chi connectivity index (χ1n) is 37.0. The molecule has 0 fully saturated rings. The second kappa shape index (κ2) is 63.1. The molecule has 0 aliphatic heterocycles. The Kier molecular flexibility index (Phi) is 61.8. The molecular formula is C71H138O17P2. The van der Waals surface area contributed by atoms with E-state index in [1.54, 1.807) is 0 Å². The van der Waals surface area contributed by atoms with Crippen molar-refractivity contribution >= 4 is 39.5 Å². The molecule has 0 heterocycles. The van der Waals surface area contributed by atoms with Gasteiger partial charge in [-0.15, -0.1) is 0 Å². The van der Waals surface area contributed by atoms with Crippen LogP contribution in [-0.4, -0.2) is 96.7 Å². The van der Waals surface area contributed by atoms with Crippen molar-refractivity contribution in [3.8, 4) is 0 Å². The fraction of sp³-hybridized carbons (Fsp3) is 0.944. The molecule has 0 bridgehead atoms. The van der Waals surface area contributed by atoms with Gasteiger partial charge in [0.05, 0.1) is 26.4 Å². The standard InChI is InChI=1S/C71H138O17P2/c1-7-9-11-13-15-17-19-21-23-24-25-26-28-30-32-34-43-49-55-70(75)87-66(59-81-68(73)53-47-41-33-31-29-27-22-20-18-16-14-12-10-8-2)61-85-89(77,78)83-57-65(72)58-84-90(79,80)86-62-67(88-71(76)56-50-44-38-36-40-46-52-64(5)6)60-82-69(74)54-48-42-37-35-39-45-51-63(3)4/h63-67,72H,7-62H2,1-6H3,(H,77,78)(H,79,80)/t65-,66-,67-/m1/s1. The van der Waals surface area contributed by atoms with E-state index in [9.17, 15) is 43.2 Å². The third-order valence-electron chi connectivity index (χ3n) is 16.5. The van der Waals surface area contributed by atoms with Crippen molar-refractivity contribution < 1.29 is 80.2 Å². The fourth-order valence-corrected chi connectivity index (χ4v) is 12.3. The van der Waals surface area contributed by atoms with Gasteiger partial charge in [0.2, 0.25) is 0 Å². The Bertz CT molecular complexity index is 1750. The van der Waals surface area contributed by atoms with Gasteiger partial charge in [-0.3, -0.25) is 37.3 Å². The molecule has 0 saturated carbocycles. The molecule has 90 heavy (non-hydrogen) atoms. The lowest BCUT2D eigenvalue weighted by Gasteiger charge is -2.21. The summed E-state index contributed by atoms with van der Waals surface area (Å²) in [5.41, 5.74) is 0. The van der Waals surface area contributed by atoms with Crippen LogP contribution >= 0.6 is 15.6 Å². The van der Waals surface area contributed by atoms with Crippen molar-refractivity contribution in [3.05, 3.63) is 0 Å². The zero-order valence-corrected chi connectivity index (χ0v) is 60.2. The summed E-state index contributed by atoms with van der Waals surface area (Å²) in [6.45, 7) is 9.38. The maximum absolute atomic E-state index is 13.0. The van der Waals surface area contributed by atoms with Gasteiger partial charge < -0.3 is 33.8 Å². The number of aliphatic hydroxyl groups is 1. The monoisotopic (exact) mass is 1320 g/mol. The van der Waals surface area contributed by atoms with Gasteiger partial charge in [0.1, 0.15) is 19.3 Å². The smallest absolute Gasteiger partial charge is 0.462 e. The largest absolute Gasteiger partial charge is 0.472 e. The number of aliphatic hydroxyl groups excluding tert-OH is 1. The summed E-state index contributed by atoms with van der Waals surface area (Å²) in [6, 6.07) is 0. The topological polar surface area (TPSA) is 237 Å². The average molecular weight is 1330 g/mol. The normalized spacial score (nSPS) is 14.1. The van der Waals surface area contributed by atoms with Crippen LogP contribution in [0.5, 0.6) is 0 Å². The van der Waals surface area contributed by atoms with Crippen LogP contribution in [0.3, 0.4) is 0 Å². The van der Waals surface area contributed by atoms with Gasteiger partial charge in [-0.05, 0) is 37.5 Å². The minimum atomic E-state index is -4.95. The van der Waals surface area contributed by atoms with E-state index in [1.807, 2.05) is 0 Å². The predicted octanol–water partition coefficient (Wildman–Crippen LogP) is 20.4. The lowest BCUT2D eigenvalue weighted by atomic mass is 10.0. The zero-order chi connectivity index (χ0) is 66.5. The number of carbonyl (C=O) groups is 4. The second-order valence-electron chi connectivity index (χ2n) is 26.6. The first-order valence-corrected chi connectivity index (χ1v) is 40.0. The minimum Gasteiger partial charge on any atom is -0.462 e. The van der Waals surface area contributed by atoms with E-state index in [-0.39, 0.29) is 25.7 Å². The number of unbranched alkanes of at least 4 members (excludes halogenated alkanes) is 40. The first kappa shape index (κ1) is 88.1. The zero-order valence-electron chi connectivity index (χ0n) is 58.4. The number of carbonyl (C=O) groups excluding carboxylic acids is 4. The molecule has 3 N–H and O–H groups in total. The summed E-state index contributed by atoms with van der Waals surface area (Å²) in [4.78, 5) is 72.5. The van der Waals surface area contributed by atoms with Gasteiger partial charge in [-0.25, -0.2) is 9.13 Å². The van der Waals surface area contributed by atoms with Crippen LogP contribution in [0.4, 0.5) is 0 Å². The Morgan fingerprint density at radius 1 is 0.300 bits per heavy atom. The van der Waals surface area contributed by atoms with Gasteiger partial charge in [0, 0.05) is 25.7 Å². The molecule has 0 rings (SSSR count). The van der Waals surface area contributed by atoms with Gasteiger partial charge >= 0.3 is 39.5 Å². The Balaban J connectivity index is 5.20. The maximum atomic E-state index is 13.0. The van der Waals surface area contributed by atoms with Crippen LogP contribution in [-0.2, 0) is 65.4 Å². The molecule has 0 aromatic rings. The molecule has 0 spiro atoms. The van der Waals surface area contributed by atoms with Crippen LogP contribution in [0.1, 0.15) is 363 Å². The quantitative estimate of drug-likeness (QED) is 0.0222. The Hall–Kier alpha value is -1.94. The Morgan fingerprint density at radius 3 is 0.756 bits per heavy atom.